The van der Waals surface area contributed by atoms with Crippen molar-refractivity contribution in [3.05, 3.63) is 75.5 Å². The molecule has 1 aromatic heterocycles. The summed E-state index contributed by atoms with van der Waals surface area (Å²) in [5.74, 6) is 5.33. The number of thiophene rings is 1. The number of hydrogen-bond acceptors (Lipinski definition) is 3. The average molecular weight is 408 g/mol. The molecule has 138 valence electrons. The minimum absolute atomic E-state index is 0.0572. The van der Waals surface area contributed by atoms with E-state index in [-0.39, 0.29) is 11.1 Å². The summed E-state index contributed by atoms with van der Waals surface area (Å²) in [6, 6.07) is 13.1. The van der Waals surface area contributed by atoms with Crippen molar-refractivity contribution in [2.24, 2.45) is 4.99 Å². The number of thiocarbonyl (C=S) groups is 1. The van der Waals surface area contributed by atoms with Crippen LogP contribution in [-0.4, -0.2) is 5.16 Å². The molecule has 1 heterocycles. The molecule has 1 saturated carbocycles. The van der Waals surface area contributed by atoms with E-state index in [1.165, 1.54) is 30.2 Å². The predicted octanol–water partition coefficient (Wildman–Crippen LogP) is 7.09. The largest absolute Gasteiger partial charge is 0.206 e. The highest BCUT2D eigenvalue weighted by atomic mass is 32.1. The molecule has 1 aliphatic rings. The zero-order valence-corrected chi connectivity index (χ0v) is 16.5. The number of rotatable bonds is 3. The molecule has 0 bridgehead atoms. The molecule has 0 radical (unpaired) electrons. The van der Waals surface area contributed by atoms with Gasteiger partial charge in [0.1, 0.15) is 11.6 Å². The number of halogens is 2. The highest BCUT2D eigenvalue weighted by Crippen LogP contribution is 2.39. The van der Waals surface area contributed by atoms with Crippen molar-refractivity contribution in [1.82, 2.24) is 0 Å². The van der Waals surface area contributed by atoms with Crippen molar-refractivity contribution in [2.75, 3.05) is 0 Å². The van der Waals surface area contributed by atoms with Crippen LogP contribution in [-0.2, 0) is 0 Å². The van der Waals surface area contributed by atoms with Crippen LogP contribution in [0.2, 0.25) is 0 Å². The highest BCUT2D eigenvalue weighted by molar-refractivity contribution is 7.78. The third-order valence-corrected chi connectivity index (χ3v) is 6.12. The van der Waals surface area contributed by atoms with Crippen LogP contribution in [0.1, 0.15) is 40.5 Å². The Labute approximate surface area is 171 Å². The molecule has 0 spiro atoms. The van der Waals surface area contributed by atoms with E-state index in [0.29, 0.717) is 17.2 Å². The lowest BCUT2D eigenvalue weighted by molar-refractivity contribution is 0.426. The van der Waals surface area contributed by atoms with Gasteiger partial charge in [-0.3, -0.25) is 0 Å². The van der Waals surface area contributed by atoms with E-state index in [1.807, 2.05) is 6.07 Å². The molecule has 1 fully saturated rings. The summed E-state index contributed by atoms with van der Waals surface area (Å²) >= 11 is 6.20. The first kappa shape index (κ1) is 18.7. The summed E-state index contributed by atoms with van der Waals surface area (Å²) < 4.78 is 29.1. The first-order valence-corrected chi connectivity index (χ1v) is 10.2. The number of aliphatic imine (C=N–C) groups is 1. The fourth-order valence-electron chi connectivity index (χ4n) is 3.09. The van der Waals surface area contributed by atoms with E-state index in [4.69, 9.17) is 0 Å². The van der Waals surface area contributed by atoms with Gasteiger partial charge >= 0.3 is 0 Å². The minimum atomic E-state index is -0.541. The normalized spacial score (nSPS) is 13.2. The van der Waals surface area contributed by atoms with Gasteiger partial charge in [-0.2, -0.15) is 4.99 Å². The zero-order valence-electron chi connectivity index (χ0n) is 14.8. The van der Waals surface area contributed by atoms with Crippen molar-refractivity contribution in [1.29, 1.82) is 0 Å². The lowest BCUT2D eigenvalue weighted by Gasteiger charge is -2.23. The predicted molar refractivity (Wildman–Crippen MR) is 113 cm³/mol. The van der Waals surface area contributed by atoms with Gasteiger partial charge in [0.2, 0.25) is 0 Å². The number of hydrogen-bond donors (Lipinski definition) is 0. The van der Waals surface area contributed by atoms with E-state index >= 15 is 0 Å². The van der Waals surface area contributed by atoms with E-state index in [2.05, 4.69) is 40.3 Å². The van der Waals surface area contributed by atoms with Gasteiger partial charge in [-0.05, 0) is 72.9 Å². The Morgan fingerprint density at radius 1 is 0.964 bits per heavy atom. The Morgan fingerprint density at radius 3 is 2.43 bits per heavy atom. The van der Waals surface area contributed by atoms with Gasteiger partial charge in [-0.1, -0.05) is 30.4 Å². The summed E-state index contributed by atoms with van der Waals surface area (Å²) in [7, 11) is 0. The topological polar surface area (TPSA) is 12.4 Å². The highest BCUT2D eigenvalue weighted by Gasteiger charge is 2.20. The lowest BCUT2D eigenvalue weighted by Crippen LogP contribution is -2.06. The Balaban J connectivity index is 1.59. The molecule has 0 N–H and O–H groups in total. The first-order valence-electron chi connectivity index (χ1n) is 8.93. The molecule has 0 aliphatic heterocycles. The SMILES string of the molecule is Fc1cc(-c2ccc(N=C=S)cc2)c(F)cc1C#Cc1ccc(C2CCC2)s1. The first-order chi connectivity index (χ1) is 13.6. The van der Waals surface area contributed by atoms with Crippen LogP contribution in [0.25, 0.3) is 11.1 Å². The Kier molecular flexibility index (Phi) is 5.45. The molecule has 0 amide bonds. The third-order valence-electron chi connectivity index (χ3n) is 4.86. The molecule has 28 heavy (non-hydrogen) atoms. The summed E-state index contributed by atoms with van der Waals surface area (Å²) in [4.78, 5) is 6.06. The van der Waals surface area contributed by atoms with Crippen LogP contribution in [0.3, 0.4) is 0 Å². The van der Waals surface area contributed by atoms with Crippen LogP contribution in [0.5, 0.6) is 0 Å². The Morgan fingerprint density at radius 2 is 1.75 bits per heavy atom. The molecule has 0 saturated heterocycles. The second kappa shape index (κ2) is 8.16. The summed E-state index contributed by atoms with van der Waals surface area (Å²) in [5.41, 5.74) is 1.41. The molecule has 1 nitrogen and oxygen atoms in total. The fraction of sp³-hybridized carbons (Fsp3) is 0.174. The second-order valence-electron chi connectivity index (χ2n) is 6.64. The van der Waals surface area contributed by atoms with E-state index in [9.17, 15) is 8.78 Å². The molecule has 2 aromatic carbocycles. The molecule has 0 atom stereocenters. The molecule has 4 rings (SSSR count). The van der Waals surface area contributed by atoms with Crippen molar-refractivity contribution in [3.8, 4) is 23.0 Å². The van der Waals surface area contributed by atoms with Crippen molar-refractivity contribution in [2.45, 2.75) is 25.2 Å². The zero-order chi connectivity index (χ0) is 19.5. The average Bonchev–Trinajstić information content (AvgIpc) is 3.10. The van der Waals surface area contributed by atoms with E-state index in [1.54, 1.807) is 35.6 Å². The molecule has 1 aliphatic carbocycles. The Bertz CT molecular complexity index is 1130. The minimum Gasteiger partial charge on any atom is -0.206 e. The third kappa shape index (κ3) is 3.95. The summed E-state index contributed by atoms with van der Waals surface area (Å²) in [6.07, 6.45) is 3.74. The van der Waals surface area contributed by atoms with Gasteiger partial charge in [0.05, 0.1) is 21.3 Å². The molecular formula is C23H15F2NS2. The molecular weight excluding hydrogens is 392 g/mol. The maximum atomic E-state index is 14.6. The lowest BCUT2D eigenvalue weighted by atomic mass is 9.84. The van der Waals surface area contributed by atoms with Crippen molar-refractivity contribution >= 4 is 34.4 Å². The number of nitrogens with zero attached hydrogens (tertiary/aromatic N) is 1. The van der Waals surface area contributed by atoms with E-state index in [0.717, 1.165) is 10.9 Å². The van der Waals surface area contributed by atoms with Gasteiger partial charge in [-0.15, -0.1) is 11.3 Å². The van der Waals surface area contributed by atoms with Crippen LogP contribution < -0.4 is 0 Å². The van der Waals surface area contributed by atoms with Gasteiger partial charge in [-0.25, -0.2) is 8.78 Å². The number of isothiocyanates is 1. The van der Waals surface area contributed by atoms with Crippen LogP contribution in [0.15, 0.2) is 53.5 Å². The van der Waals surface area contributed by atoms with Gasteiger partial charge in [0.25, 0.3) is 0 Å². The standard InChI is InChI=1S/C23H15F2NS2/c24-21-13-20(15-4-7-18(8-5-15)26-14-27)22(25)12-17(21)6-9-19-10-11-23(28-19)16-2-1-3-16/h4-5,7-8,10-13,16H,1-3H2. The van der Waals surface area contributed by atoms with Gasteiger partial charge in [0.15, 0.2) is 0 Å². The summed E-state index contributed by atoms with van der Waals surface area (Å²) in [6.45, 7) is 0. The van der Waals surface area contributed by atoms with Crippen LogP contribution in [0, 0.1) is 23.5 Å². The van der Waals surface area contributed by atoms with Crippen LogP contribution in [0.4, 0.5) is 14.5 Å². The Hall–Kier alpha value is -2.64. The van der Waals surface area contributed by atoms with E-state index < -0.39 is 11.6 Å². The fourth-order valence-corrected chi connectivity index (χ4v) is 4.23. The van der Waals surface area contributed by atoms with Gasteiger partial charge in [0, 0.05) is 10.4 Å². The second-order valence-corrected chi connectivity index (χ2v) is 7.94. The summed E-state index contributed by atoms with van der Waals surface area (Å²) in [5, 5.41) is 2.27. The maximum Gasteiger partial charge on any atom is 0.139 e. The monoisotopic (exact) mass is 407 g/mol. The molecule has 0 unspecified atom stereocenters. The van der Waals surface area contributed by atoms with Crippen molar-refractivity contribution in [3.63, 3.8) is 0 Å². The smallest absolute Gasteiger partial charge is 0.139 e. The molecule has 3 aromatic rings. The maximum absolute atomic E-state index is 14.6. The molecule has 5 heteroatoms. The van der Waals surface area contributed by atoms with Gasteiger partial charge < -0.3 is 0 Å². The quantitative estimate of drug-likeness (QED) is 0.256. The van der Waals surface area contributed by atoms with Crippen LogP contribution >= 0.6 is 23.6 Å². The number of benzene rings is 2. The van der Waals surface area contributed by atoms with Crippen molar-refractivity contribution < 1.29 is 8.78 Å².